The number of methoxy groups -OCH3 is 2. The summed E-state index contributed by atoms with van der Waals surface area (Å²) >= 11 is 2.72. The van der Waals surface area contributed by atoms with Gasteiger partial charge in [-0.3, -0.25) is 28.8 Å². The number of carbonyl (C=O) groups excluding carboxylic acids is 8. The molecule has 16 nitrogen and oxygen atoms in total. The van der Waals surface area contributed by atoms with Crippen molar-refractivity contribution in [3.8, 4) is 0 Å². The Kier molecular flexibility index (Phi) is 12.1. The van der Waals surface area contributed by atoms with Crippen molar-refractivity contribution in [3.63, 3.8) is 0 Å². The summed E-state index contributed by atoms with van der Waals surface area (Å²) in [5, 5.41) is -1.86. The number of ether oxygens (including phenoxy) is 2. The molecule has 7 aliphatic rings. The molecule has 7 fully saturated rings. The molecule has 58 heavy (non-hydrogen) atoms. The average Bonchev–Trinajstić information content (AvgIpc) is 4.07. The Labute approximate surface area is 348 Å². The highest BCUT2D eigenvalue weighted by molar-refractivity contribution is 8.01. The summed E-state index contributed by atoms with van der Waals surface area (Å²) in [6, 6.07) is -3.43. The Morgan fingerprint density at radius 3 is 1.31 bits per heavy atom. The van der Waals surface area contributed by atoms with E-state index in [0.717, 1.165) is 0 Å². The summed E-state index contributed by atoms with van der Waals surface area (Å²) < 4.78 is 10.3. The first kappa shape index (κ1) is 42.6. The summed E-state index contributed by atoms with van der Waals surface area (Å²) in [5.74, 6) is -2.88. The van der Waals surface area contributed by atoms with Crippen LogP contribution in [0.15, 0.2) is 0 Å². The zero-order valence-electron chi connectivity index (χ0n) is 34.5. The van der Waals surface area contributed by atoms with E-state index in [1.807, 2.05) is 0 Å². The zero-order chi connectivity index (χ0) is 41.8. The average molecular weight is 847 g/mol. The fourth-order valence-electron chi connectivity index (χ4n) is 10.7. The number of hydrogen-bond donors (Lipinski definition) is 0. The summed E-state index contributed by atoms with van der Waals surface area (Å²) in [5.41, 5.74) is -2.39. The molecule has 0 aromatic carbocycles. The lowest BCUT2D eigenvalue weighted by Crippen LogP contribution is -2.61. The molecule has 18 heteroatoms. The standard InChI is InChI=1S/C40H58N6O10S2/c1-23-31(47)45-17-9-13-39(45,3)37(53)41-15-7-12-28(41)34(50)44-22-26(20-30(44)36(52)56-6)58-24(2)32(48)46-18-10-14-40(46,4)38(54)42-16-8-11-27(42)33(49)43-21-25(57-23)19-29(43)35(51)55-5/h23-30H,7-22H2,1-6H3/t23-,24-,25-,26-,27-,28-,29-,30-,39-,40-/m0/s1. The second-order valence-corrected chi connectivity index (χ2v) is 20.7. The van der Waals surface area contributed by atoms with Gasteiger partial charge < -0.3 is 38.9 Å². The van der Waals surface area contributed by atoms with Gasteiger partial charge in [0.2, 0.25) is 35.4 Å². The van der Waals surface area contributed by atoms with Gasteiger partial charge in [-0.05, 0) is 91.9 Å². The number of thioether (sulfide) groups is 2. The van der Waals surface area contributed by atoms with Gasteiger partial charge in [0.1, 0.15) is 35.2 Å². The van der Waals surface area contributed by atoms with E-state index in [1.54, 1.807) is 47.3 Å². The number of nitrogens with zero attached hydrogens (tertiary/aromatic N) is 6. The van der Waals surface area contributed by atoms with Gasteiger partial charge in [0.05, 0.1) is 24.7 Å². The Hall–Kier alpha value is -3.54. The molecule has 0 aromatic rings. The van der Waals surface area contributed by atoms with E-state index in [9.17, 15) is 38.4 Å². The molecular weight excluding hydrogens is 789 g/mol. The van der Waals surface area contributed by atoms with E-state index in [2.05, 4.69) is 0 Å². The molecule has 10 atom stereocenters. The van der Waals surface area contributed by atoms with Crippen LogP contribution in [-0.2, 0) is 47.8 Å². The van der Waals surface area contributed by atoms with E-state index in [0.29, 0.717) is 77.5 Å². The Morgan fingerprint density at radius 1 is 0.569 bits per heavy atom. The topological polar surface area (TPSA) is 174 Å². The third-order valence-corrected chi connectivity index (χ3v) is 16.5. The lowest BCUT2D eigenvalue weighted by molar-refractivity contribution is -0.157. The normalized spacial score (nSPS) is 37.9. The largest absolute Gasteiger partial charge is 0.467 e. The van der Waals surface area contributed by atoms with Crippen molar-refractivity contribution in [1.82, 2.24) is 29.4 Å². The predicted octanol–water partition coefficient (Wildman–Crippen LogP) is 1.27. The summed E-state index contributed by atoms with van der Waals surface area (Å²) in [4.78, 5) is 123. The Morgan fingerprint density at radius 2 is 0.948 bits per heavy atom. The smallest absolute Gasteiger partial charge is 0.328 e. The molecule has 0 aliphatic carbocycles. The fourth-order valence-corrected chi connectivity index (χ4v) is 13.5. The van der Waals surface area contributed by atoms with Crippen molar-refractivity contribution in [2.45, 2.75) is 148 Å². The number of hydrogen-bond acceptors (Lipinski definition) is 12. The minimum absolute atomic E-state index is 0.175. The number of fused-ring (bicyclic) bond motifs is 8. The molecule has 0 spiro atoms. The molecule has 0 N–H and O–H groups in total. The number of rotatable bonds is 2. The third-order valence-electron chi connectivity index (χ3n) is 13.9. The van der Waals surface area contributed by atoms with Gasteiger partial charge in [-0.1, -0.05) is 0 Å². The predicted molar refractivity (Wildman–Crippen MR) is 214 cm³/mol. The van der Waals surface area contributed by atoms with Gasteiger partial charge in [-0.25, -0.2) is 9.59 Å². The van der Waals surface area contributed by atoms with E-state index in [-0.39, 0.29) is 71.9 Å². The molecule has 0 radical (unpaired) electrons. The van der Waals surface area contributed by atoms with Gasteiger partial charge in [0.15, 0.2) is 0 Å². The van der Waals surface area contributed by atoms with E-state index in [1.165, 1.54) is 47.5 Å². The molecule has 7 aliphatic heterocycles. The molecular formula is C40H58N6O10S2. The van der Waals surface area contributed by atoms with E-state index in [4.69, 9.17) is 9.47 Å². The quantitative estimate of drug-likeness (QED) is 0.365. The highest BCUT2D eigenvalue weighted by Crippen LogP contribution is 2.41. The van der Waals surface area contributed by atoms with Crippen molar-refractivity contribution < 1.29 is 47.8 Å². The molecule has 320 valence electrons. The number of carbonyl (C=O) groups is 8. The molecule has 0 aromatic heterocycles. The molecule has 0 unspecified atom stereocenters. The minimum atomic E-state index is -1.20. The molecule has 7 heterocycles. The monoisotopic (exact) mass is 846 g/mol. The SMILES string of the molecule is COC(=O)[C@@H]1C[C@H]2CN1C(=O)[C@@H]1CCCN1C(=O)[C@]1(C)CCCN1C(=O)[C@H](C)S[C@H]1C[C@@H](C(=O)OC)N(C1)C(=O)[C@@H]1CCCN1C(=O)[C@]1(C)CCCN1C(=O)[C@H](C)S2. The maximum absolute atomic E-state index is 14.6. The van der Waals surface area contributed by atoms with Crippen molar-refractivity contribution in [2.75, 3.05) is 53.5 Å². The van der Waals surface area contributed by atoms with Crippen LogP contribution in [-0.4, -0.2) is 187 Å². The van der Waals surface area contributed by atoms with Crippen molar-refractivity contribution >= 4 is 70.9 Å². The van der Waals surface area contributed by atoms with E-state index < -0.39 is 57.7 Å². The highest BCUT2D eigenvalue weighted by atomic mass is 32.2. The minimum Gasteiger partial charge on any atom is -0.467 e. The Bertz CT molecular complexity index is 1610. The third kappa shape index (κ3) is 7.25. The first-order chi connectivity index (χ1) is 27.5. The first-order valence-electron chi connectivity index (χ1n) is 20.9. The van der Waals surface area contributed by atoms with Gasteiger partial charge in [-0.15, -0.1) is 23.5 Å². The number of esters is 2. The van der Waals surface area contributed by atoms with Crippen LogP contribution in [0, 0.1) is 0 Å². The van der Waals surface area contributed by atoms with Crippen LogP contribution >= 0.6 is 23.5 Å². The molecule has 7 saturated heterocycles. The highest BCUT2D eigenvalue weighted by Gasteiger charge is 2.56. The van der Waals surface area contributed by atoms with Crippen LogP contribution < -0.4 is 0 Å². The maximum atomic E-state index is 14.6. The second-order valence-electron chi connectivity index (χ2n) is 17.4. The summed E-state index contributed by atoms with van der Waals surface area (Å²) in [7, 11) is 2.55. The van der Waals surface area contributed by atoms with Gasteiger partial charge in [0, 0.05) is 49.8 Å². The Balaban J connectivity index is 1.23. The summed E-state index contributed by atoms with van der Waals surface area (Å²) in [6.07, 6.45) is 4.57. The van der Waals surface area contributed by atoms with Crippen molar-refractivity contribution in [2.24, 2.45) is 0 Å². The second kappa shape index (κ2) is 16.5. The fraction of sp³-hybridized carbons (Fsp3) is 0.800. The first-order valence-corrected chi connectivity index (χ1v) is 22.8. The van der Waals surface area contributed by atoms with Crippen molar-refractivity contribution in [1.29, 1.82) is 0 Å². The van der Waals surface area contributed by atoms with Crippen LogP contribution in [0.1, 0.15) is 91.9 Å². The van der Waals surface area contributed by atoms with Crippen molar-refractivity contribution in [3.05, 3.63) is 0 Å². The lowest BCUT2D eigenvalue weighted by Gasteiger charge is -2.40. The molecule has 0 saturated carbocycles. The molecule has 7 rings (SSSR count). The number of amides is 6. The van der Waals surface area contributed by atoms with E-state index >= 15 is 0 Å². The summed E-state index contributed by atoms with van der Waals surface area (Å²) in [6.45, 7) is 8.85. The molecule has 6 amide bonds. The van der Waals surface area contributed by atoms with Crippen LogP contribution in [0.5, 0.6) is 0 Å². The lowest BCUT2D eigenvalue weighted by atomic mass is 9.95. The van der Waals surface area contributed by atoms with Crippen LogP contribution in [0.2, 0.25) is 0 Å². The van der Waals surface area contributed by atoms with Gasteiger partial charge in [-0.2, -0.15) is 0 Å². The van der Waals surface area contributed by atoms with Crippen LogP contribution in [0.25, 0.3) is 0 Å². The van der Waals surface area contributed by atoms with Gasteiger partial charge >= 0.3 is 11.9 Å². The van der Waals surface area contributed by atoms with Crippen LogP contribution in [0.3, 0.4) is 0 Å². The van der Waals surface area contributed by atoms with Gasteiger partial charge in [0.25, 0.3) is 0 Å². The van der Waals surface area contributed by atoms with Crippen LogP contribution in [0.4, 0.5) is 0 Å². The zero-order valence-corrected chi connectivity index (χ0v) is 36.1. The molecule has 4 bridgehead atoms. The maximum Gasteiger partial charge on any atom is 0.328 e.